The third-order valence-electron chi connectivity index (χ3n) is 4.10. The Labute approximate surface area is 151 Å². The van der Waals surface area contributed by atoms with Crippen molar-refractivity contribution >= 4 is 5.97 Å². The zero-order valence-corrected chi connectivity index (χ0v) is 15.9. The number of fused-ring (bicyclic) bond motifs is 3. The van der Waals surface area contributed by atoms with Crippen molar-refractivity contribution < 1.29 is 31.6 Å². The Balaban J connectivity index is 0. The van der Waals surface area contributed by atoms with E-state index in [9.17, 15) is 4.79 Å². The normalized spacial score (nSPS) is 14.4. The molecule has 2 aliphatic carbocycles. The van der Waals surface area contributed by atoms with Crippen molar-refractivity contribution in [3.05, 3.63) is 55.3 Å². The Hall–Kier alpha value is -0.726. The molecule has 0 saturated heterocycles. The number of hydrogen-bond donors (Lipinski definition) is 1. The van der Waals surface area contributed by atoms with E-state index >= 15 is 0 Å². The fourth-order valence-corrected chi connectivity index (χ4v) is 3.08. The molecule has 1 radical (unpaired) electrons. The second kappa shape index (κ2) is 10.9. The Kier molecular flexibility index (Phi) is 11.7. The van der Waals surface area contributed by atoms with Gasteiger partial charge in [-0.2, -0.15) is 28.3 Å². The van der Waals surface area contributed by atoms with Gasteiger partial charge in [0.05, 0.1) is 0 Å². The first-order chi connectivity index (χ1) is 9.09. The van der Waals surface area contributed by atoms with E-state index in [1.54, 1.807) is 22.3 Å². The predicted octanol–water partition coefficient (Wildman–Crippen LogP) is 4.71. The average molecular weight is 337 g/mol. The largest absolute Gasteiger partial charge is 3.00 e. The molecule has 1 N–H and O–H groups in total. The smallest absolute Gasteiger partial charge is 0.478 e. The molecule has 3 rings (SSSR count). The Morgan fingerprint density at radius 1 is 0.955 bits per heavy atom. The number of aliphatic carboxylic acids is 1. The Bertz CT molecular complexity index is 443. The molecule has 0 bridgehead atoms. The topological polar surface area (TPSA) is 37.3 Å². The maximum atomic E-state index is 9.60. The summed E-state index contributed by atoms with van der Waals surface area (Å²) < 4.78 is 0. The van der Waals surface area contributed by atoms with Crippen molar-refractivity contribution in [1.82, 2.24) is 0 Å². The predicted molar refractivity (Wildman–Crippen MR) is 90.6 cm³/mol. The standard InChI is InChI=1S/C13H17.C4H6O2.2CH3.Ti/c1-3-7-12-10(5-1)9-11-6-2-4-8-13(11)12;1-3(2)4(5)6;;;/h9H,1-8H2;1H2,2H3,(H,5,6);2*1H3;/q-1;;2*-1;+3. The summed E-state index contributed by atoms with van der Waals surface area (Å²) in [6, 6.07) is 2.52. The van der Waals surface area contributed by atoms with Crippen LogP contribution in [0.2, 0.25) is 0 Å². The molecule has 0 amide bonds. The molecule has 2 nitrogen and oxygen atoms in total. The Morgan fingerprint density at radius 3 is 1.59 bits per heavy atom. The van der Waals surface area contributed by atoms with E-state index in [0.29, 0.717) is 0 Å². The van der Waals surface area contributed by atoms with Crippen LogP contribution in [0.15, 0.2) is 18.2 Å². The maximum Gasteiger partial charge on any atom is 3.00 e. The van der Waals surface area contributed by atoms with Crippen molar-refractivity contribution in [1.29, 1.82) is 0 Å². The van der Waals surface area contributed by atoms with Crippen LogP contribution in [-0.2, 0) is 52.2 Å². The average Bonchev–Trinajstić information content (AvgIpc) is 2.78. The minimum Gasteiger partial charge on any atom is -0.478 e. The van der Waals surface area contributed by atoms with Gasteiger partial charge < -0.3 is 20.0 Å². The fourth-order valence-electron chi connectivity index (χ4n) is 3.08. The molecule has 0 fully saturated rings. The summed E-state index contributed by atoms with van der Waals surface area (Å²) in [5.74, 6) is -0.935. The number of carboxylic acids is 1. The molecule has 0 spiro atoms. The molecular formula is C19H29O2Ti. The van der Waals surface area contributed by atoms with Gasteiger partial charge in [-0.15, -0.1) is 0 Å². The summed E-state index contributed by atoms with van der Waals surface area (Å²) in [5, 5.41) is 7.89. The van der Waals surface area contributed by atoms with Crippen LogP contribution >= 0.6 is 0 Å². The number of hydrogen-bond acceptors (Lipinski definition) is 1. The van der Waals surface area contributed by atoms with E-state index in [1.807, 2.05) is 0 Å². The first-order valence-corrected chi connectivity index (χ1v) is 7.27. The summed E-state index contributed by atoms with van der Waals surface area (Å²) in [5.41, 5.74) is 7.12. The zero-order valence-electron chi connectivity index (χ0n) is 14.3. The molecule has 0 unspecified atom stereocenters. The van der Waals surface area contributed by atoms with Crippen LogP contribution in [0.4, 0.5) is 0 Å². The molecule has 22 heavy (non-hydrogen) atoms. The minimum atomic E-state index is -0.935. The van der Waals surface area contributed by atoms with Crippen LogP contribution in [0.5, 0.6) is 0 Å². The van der Waals surface area contributed by atoms with Gasteiger partial charge in [0.25, 0.3) is 0 Å². The summed E-state index contributed by atoms with van der Waals surface area (Å²) >= 11 is 0. The number of rotatable bonds is 1. The second-order valence-corrected chi connectivity index (χ2v) is 5.65. The summed E-state index contributed by atoms with van der Waals surface area (Å²) in [6.45, 7) is 4.60. The number of aryl methyl sites for hydroxylation is 2. The zero-order chi connectivity index (χ0) is 13.8. The molecule has 2 aliphatic rings. The molecule has 1 aromatic carbocycles. The number of carbonyl (C=O) groups is 1. The van der Waals surface area contributed by atoms with Gasteiger partial charge in [0, 0.05) is 5.57 Å². The SMILES string of the molecule is C=C(C)C(=O)O.[CH3-].[CH3-].[Ti+3].[cH-]1c2c(c3c1CCCC3)CCCC2. The maximum absolute atomic E-state index is 9.60. The fraction of sp³-hybridized carbons (Fsp3) is 0.474. The molecule has 0 aliphatic heterocycles. The monoisotopic (exact) mass is 337 g/mol. The quantitative estimate of drug-likeness (QED) is 0.458. The molecular weight excluding hydrogens is 308 g/mol. The van der Waals surface area contributed by atoms with E-state index in [4.69, 9.17) is 5.11 Å². The third-order valence-corrected chi connectivity index (χ3v) is 4.10. The van der Waals surface area contributed by atoms with E-state index < -0.39 is 5.97 Å². The van der Waals surface area contributed by atoms with Gasteiger partial charge in [0.15, 0.2) is 0 Å². The van der Waals surface area contributed by atoms with Gasteiger partial charge in [-0.05, 0) is 6.92 Å². The molecule has 0 aromatic heterocycles. The van der Waals surface area contributed by atoms with E-state index in [1.165, 1.54) is 58.3 Å². The van der Waals surface area contributed by atoms with E-state index in [2.05, 4.69) is 12.6 Å². The van der Waals surface area contributed by atoms with Crippen LogP contribution in [0.3, 0.4) is 0 Å². The minimum absolute atomic E-state index is 0. The molecule has 3 heteroatoms. The first-order valence-electron chi connectivity index (χ1n) is 7.27. The molecule has 0 saturated carbocycles. The summed E-state index contributed by atoms with van der Waals surface area (Å²) in [6.07, 6.45) is 11.2. The van der Waals surface area contributed by atoms with Gasteiger partial charge in [-0.3, -0.25) is 0 Å². The Morgan fingerprint density at radius 2 is 1.27 bits per heavy atom. The molecule has 121 valence electrons. The van der Waals surface area contributed by atoms with E-state index in [-0.39, 0.29) is 42.1 Å². The van der Waals surface area contributed by atoms with Crippen molar-refractivity contribution in [2.45, 2.75) is 58.3 Å². The summed E-state index contributed by atoms with van der Waals surface area (Å²) in [4.78, 5) is 9.60. The van der Waals surface area contributed by atoms with Crippen LogP contribution in [-0.4, -0.2) is 11.1 Å². The first kappa shape index (κ1) is 23.5. The molecule has 0 atom stereocenters. The van der Waals surface area contributed by atoms with Crippen molar-refractivity contribution in [3.63, 3.8) is 0 Å². The van der Waals surface area contributed by atoms with Gasteiger partial charge in [0.1, 0.15) is 0 Å². The second-order valence-electron chi connectivity index (χ2n) is 5.65. The van der Waals surface area contributed by atoms with Crippen LogP contribution < -0.4 is 0 Å². The van der Waals surface area contributed by atoms with Crippen LogP contribution in [0, 0.1) is 14.9 Å². The van der Waals surface area contributed by atoms with Gasteiger partial charge in [-0.1, -0.05) is 57.9 Å². The molecule has 1 aromatic rings. The summed E-state index contributed by atoms with van der Waals surface area (Å²) in [7, 11) is 0. The third kappa shape index (κ3) is 5.81. The van der Waals surface area contributed by atoms with Crippen molar-refractivity contribution in [2.75, 3.05) is 0 Å². The van der Waals surface area contributed by atoms with Gasteiger partial charge >= 0.3 is 27.7 Å². The van der Waals surface area contributed by atoms with Gasteiger partial charge in [0.2, 0.25) is 0 Å². The molecule has 0 heterocycles. The van der Waals surface area contributed by atoms with Gasteiger partial charge in [-0.25, -0.2) is 4.79 Å². The van der Waals surface area contributed by atoms with Crippen molar-refractivity contribution in [2.24, 2.45) is 0 Å². The van der Waals surface area contributed by atoms with Crippen molar-refractivity contribution in [3.8, 4) is 0 Å². The number of carboxylic acid groups (broad SMARTS) is 1. The van der Waals surface area contributed by atoms with Crippen LogP contribution in [0.1, 0.15) is 54.9 Å². The van der Waals surface area contributed by atoms with Crippen LogP contribution in [0.25, 0.3) is 0 Å². The van der Waals surface area contributed by atoms with E-state index in [0.717, 1.165) is 0 Å².